The molecule has 1 fully saturated rings. The summed E-state index contributed by atoms with van der Waals surface area (Å²) in [5, 5.41) is 3.84. The smallest absolute Gasteiger partial charge is 0.227 e. The summed E-state index contributed by atoms with van der Waals surface area (Å²) in [7, 11) is 0. The molecular weight excluding hydrogens is 366 g/mol. The fourth-order valence-electron chi connectivity index (χ4n) is 2.76. The minimum absolute atomic E-state index is 0.118. The number of amides is 2. The SMILES string of the molecule is O=C(NCc1cc(Cl)ccc1Cl)C1CC(=O)N(c2ccc(F)cc2)C1. The molecular formula is C18H15Cl2FN2O2. The highest BCUT2D eigenvalue weighted by molar-refractivity contribution is 6.33. The number of benzene rings is 2. The summed E-state index contributed by atoms with van der Waals surface area (Å²) in [6.07, 6.45) is 0.118. The molecule has 4 nitrogen and oxygen atoms in total. The van der Waals surface area contributed by atoms with Crippen LogP contribution in [-0.2, 0) is 16.1 Å². The number of halogens is 3. The molecule has 3 rings (SSSR count). The minimum Gasteiger partial charge on any atom is -0.352 e. The summed E-state index contributed by atoms with van der Waals surface area (Å²) in [4.78, 5) is 26.0. The summed E-state index contributed by atoms with van der Waals surface area (Å²) in [6.45, 7) is 0.499. The van der Waals surface area contributed by atoms with Crippen molar-refractivity contribution in [2.75, 3.05) is 11.4 Å². The van der Waals surface area contributed by atoms with Crippen LogP contribution in [0.2, 0.25) is 10.0 Å². The van der Waals surface area contributed by atoms with Crippen LogP contribution in [-0.4, -0.2) is 18.4 Å². The largest absolute Gasteiger partial charge is 0.352 e. The maximum absolute atomic E-state index is 13.0. The lowest BCUT2D eigenvalue weighted by atomic mass is 10.1. The zero-order chi connectivity index (χ0) is 18.0. The van der Waals surface area contributed by atoms with Gasteiger partial charge < -0.3 is 10.2 Å². The predicted octanol–water partition coefficient (Wildman–Crippen LogP) is 3.80. The summed E-state index contributed by atoms with van der Waals surface area (Å²) in [5.41, 5.74) is 1.29. The molecule has 1 aliphatic heterocycles. The van der Waals surface area contributed by atoms with Gasteiger partial charge in [-0.25, -0.2) is 4.39 Å². The van der Waals surface area contributed by atoms with E-state index in [2.05, 4.69) is 5.32 Å². The first-order chi connectivity index (χ1) is 11.9. The lowest BCUT2D eigenvalue weighted by molar-refractivity contribution is -0.126. The molecule has 1 heterocycles. The van der Waals surface area contributed by atoms with Crippen LogP contribution < -0.4 is 10.2 Å². The Kier molecular flexibility index (Phi) is 5.25. The number of carbonyl (C=O) groups excluding carboxylic acids is 2. The fraction of sp³-hybridized carbons (Fsp3) is 0.222. The Hall–Kier alpha value is -2.11. The summed E-state index contributed by atoms with van der Waals surface area (Å²) in [5.74, 6) is -1.22. The topological polar surface area (TPSA) is 49.4 Å². The van der Waals surface area contributed by atoms with Gasteiger partial charge in [-0.1, -0.05) is 23.2 Å². The van der Waals surface area contributed by atoms with Gasteiger partial charge in [0, 0.05) is 35.2 Å². The van der Waals surface area contributed by atoms with E-state index in [1.54, 1.807) is 18.2 Å². The molecule has 1 N–H and O–H groups in total. The Morgan fingerprint density at radius 3 is 2.64 bits per heavy atom. The van der Waals surface area contributed by atoms with Gasteiger partial charge in [0.1, 0.15) is 5.82 Å². The van der Waals surface area contributed by atoms with E-state index in [0.29, 0.717) is 21.3 Å². The molecule has 0 spiro atoms. The van der Waals surface area contributed by atoms with Gasteiger partial charge >= 0.3 is 0 Å². The van der Waals surface area contributed by atoms with Crippen molar-refractivity contribution in [2.45, 2.75) is 13.0 Å². The quantitative estimate of drug-likeness (QED) is 0.876. The second-order valence-corrected chi connectivity index (χ2v) is 6.68. The summed E-state index contributed by atoms with van der Waals surface area (Å²) in [6, 6.07) is 10.7. The van der Waals surface area contributed by atoms with Crippen LogP contribution in [0, 0.1) is 11.7 Å². The monoisotopic (exact) mass is 380 g/mol. The van der Waals surface area contributed by atoms with Gasteiger partial charge in [0.15, 0.2) is 0 Å². The number of anilines is 1. The van der Waals surface area contributed by atoms with Gasteiger partial charge in [0.05, 0.1) is 5.92 Å². The van der Waals surface area contributed by atoms with E-state index in [4.69, 9.17) is 23.2 Å². The normalized spacial score (nSPS) is 17.0. The standard InChI is InChI=1S/C18H15Cl2FN2O2/c19-13-1-6-16(20)11(7-13)9-22-18(25)12-8-17(24)23(10-12)15-4-2-14(21)3-5-15/h1-7,12H,8-10H2,(H,22,25). The van der Waals surface area contributed by atoms with Gasteiger partial charge in [-0.05, 0) is 48.0 Å². The Balaban J connectivity index is 1.62. The Bertz CT molecular complexity index is 811. The van der Waals surface area contributed by atoms with E-state index in [9.17, 15) is 14.0 Å². The molecule has 130 valence electrons. The molecule has 0 aliphatic carbocycles. The number of hydrogen-bond donors (Lipinski definition) is 1. The van der Waals surface area contributed by atoms with Gasteiger partial charge in [0.2, 0.25) is 11.8 Å². The van der Waals surface area contributed by atoms with Crippen LogP contribution in [0.1, 0.15) is 12.0 Å². The van der Waals surface area contributed by atoms with Crippen LogP contribution in [0.4, 0.5) is 10.1 Å². The molecule has 1 saturated heterocycles. The second-order valence-electron chi connectivity index (χ2n) is 5.84. The van der Waals surface area contributed by atoms with Crippen molar-refractivity contribution >= 4 is 40.7 Å². The third kappa shape index (κ3) is 4.11. The Morgan fingerprint density at radius 1 is 1.20 bits per heavy atom. The first kappa shape index (κ1) is 17.7. The fourth-order valence-corrected chi connectivity index (χ4v) is 3.14. The van der Waals surface area contributed by atoms with E-state index in [-0.39, 0.29) is 37.1 Å². The zero-order valence-corrected chi connectivity index (χ0v) is 14.6. The van der Waals surface area contributed by atoms with Crippen LogP contribution in [0.5, 0.6) is 0 Å². The van der Waals surface area contributed by atoms with Gasteiger partial charge in [0.25, 0.3) is 0 Å². The van der Waals surface area contributed by atoms with Crippen molar-refractivity contribution < 1.29 is 14.0 Å². The molecule has 25 heavy (non-hydrogen) atoms. The average Bonchev–Trinajstić information content (AvgIpc) is 2.98. The van der Waals surface area contributed by atoms with Crippen molar-refractivity contribution in [3.63, 3.8) is 0 Å². The third-order valence-electron chi connectivity index (χ3n) is 4.09. The van der Waals surface area contributed by atoms with E-state index in [1.807, 2.05) is 0 Å². The molecule has 7 heteroatoms. The molecule has 2 aromatic rings. The molecule has 0 bridgehead atoms. The van der Waals surface area contributed by atoms with E-state index < -0.39 is 5.92 Å². The zero-order valence-electron chi connectivity index (χ0n) is 13.1. The lowest BCUT2D eigenvalue weighted by Gasteiger charge is -2.16. The molecule has 2 amide bonds. The Morgan fingerprint density at radius 2 is 1.92 bits per heavy atom. The highest BCUT2D eigenvalue weighted by Crippen LogP contribution is 2.26. The van der Waals surface area contributed by atoms with Gasteiger partial charge in [-0.2, -0.15) is 0 Å². The van der Waals surface area contributed by atoms with Gasteiger partial charge in [-0.15, -0.1) is 0 Å². The molecule has 1 atom stereocenters. The van der Waals surface area contributed by atoms with Crippen LogP contribution in [0.15, 0.2) is 42.5 Å². The van der Waals surface area contributed by atoms with Crippen molar-refractivity contribution in [1.29, 1.82) is 0 Å². The summed E-state index contributed by atoms with van der Waals surface area (Å²) < 4.78 is 13.0. The van der Waals surface area contributed by atoms with E-state index in [1.165, 1.54) is 29.2 Å². The number of nitrogens with zero attached hydrogens (tertiary/aromatic N) is 1. The molecule has 2 aromatic carbocycles. The summed E-state index contributed by atoms with van der Waals surface area (Å²) >= 11 is 12.0. The number of hydrogen-bond acceptors (Lipinski definition) is 2. The van der Waals surface area contributed by atoms with E-state index >= 15 is 0 Å². The first-order valence-corrected chi connectivity index (χ1v) is 8.47. The van der Waals surface area contributed by atoms with Crippen molar-refractivity contribution in [3.05, 3.63) is 63.9 Å². The van der Waals surface area contributed by atoms with Crippen LogP contribution in [0.25, 0.3) is 0 Å². The molecule has 0 aromatic heterocycles. The van der Waals surface area contributed by atoms with Crippen molar-refractivity contribution in [3.8, 4) is 0 Å². The predicted molar refractivity (Wildman–Crippen MR) is 95.2 cm³/mol. The highest BCUT2D eigenvalue weighted by Gasteiger charge is 2.35. The number of rotatable bonds is 4. The second kappa shape index (κ2) is 7.42. The number of nitrogens with one attached hydrogen (secondary N) is 1. The molecule has 1 unspecified atom stereocenters. The maximum atomic E-state index is 13.0. The molecule has 0 saturated carbocycles. The highest BCUT2D eigenvalue weighted by atomic mass is 35.5. The average molecular weight is 381 g/mol. The van der Waals surface area contributed by atoms with Crippen LogP contribution in [0.3, 0.4) is 0 Å². The van der Waals surface area contributed by atoms with Crippen molar-refractivity contribution in [1.82, 2.24) is 5.32 Å². The maximum Gasteiger partial charge on any atom is 0.227 e. The molecule has 0 radical (unpaired) electrons. The first-order valence-electron chi connectivity index (χ1n) is 7.71. The third-order valence-corrected chi connectivity index (χ3v) is 4.70. The van der Waals surface area contributed by atoms with E-state index in [0.717, 1.165) is 0 Å². The minimum atomic E-state index is -0.462. The lowest BCUT2D eigenvalue weighted by Crippen LogP contribution is -2.32. The van der Waals surface area contributed by atoms with Crippen LogP contribution >= 0.6 is 23.2 Å². The number of carbonyl (C=O) groups is 2. The van der Waals surface area contributed by atoms with Crippen molar-refractivity contribution in [2.24, 2.45) is 5.92 Å². The Labute approximate surface area is 154 Å². The van der Waals surface area contributed by atoms with Gasteiger partial charge in [-0.3, -0.25) is 9.59 Å². The molecule has 1 aliphatic rings.